The maximum absolute atomic E-state index is 11.0. The van der Waals surface area contributed by atoms with E-state index >= 15 is 0 Å². The van der Waals surface area contributed by atoms with E-state index in [1.807, 2.05) is 6.26 Å². The van der Waals surface area contributed by atoms with Crippen LogP contribution in [0.5, 0.6) is 0 Å². The molecule has 94 valence electrons. The molecule has 0 amide bonds. The predicted octanol–water partition coefficient (Wildman–Crippen LogP) is 2.85. The van der Waals surface area contributed by atoms with Gasteiger partial charge in [0.25, 0.3) is 0 Å². The first-order valence-electron chi connectivity index (χ1n) is 5.26. The summed E-state index contributed by atoms with van der Waals surface area (Å²) in [6, 6.07) is 1.64. The third kappa shape index (κ3) is 3.59. The summed E-state index contributed by atoms with van der Waals surface area (Å²) in [7, 11) is 0. The number of anilines is 1. The lowest BCUT2D eigenvalue weighted by Crippen LogP contribution is -2.26. The average molecular weight is 255 g/mol. The zero-order valence-corrected chi connectivity index (χ0v) is 11.3. The summed E-state index contributed by atoms with van der Waals surface area (Å²) in [5.74, 6) is 0.345. The summed E-state index contributed by atoms with van der Waals surface area (Å²) in [5, 5.41) is 14.0. The molecule has 0 saturated heterocycles. The Kier molecular flexibility index (Phi) is 4.34. The van der Waals surface area contributed by atoms with Gasteiger partial charge in [-0.3, -0.25) is 10.1 Å². The van der Waals surface area contributed by atoms with Gasteiger partial charge in [0.15, 0.2) is 0 Å². The maximum Gasteiger partial charge on any atom is 0.314 e. The molecule has 1 aromatic heterocycles. The number of aryl methyl sites for hydroxylation is 1. The second-order valence-corrected chi connectivity index (χ2v) is 5.91. The van der Waals surface area contributed by atoms with Gasteiger partial charge in [-0.05, 0) is 33.1 Å². The van der Waals surface area contributed by atoms with E-state index in [0.29, 0.717) is 17.9 Å². The molecule has 0 aliphatic heterocycles. The van der Waals surface area contributed by atoms with Crippen molar-refractivity contribution in [3.63, 3.8) is 0 Å². The molecule has 0 aromatic carbocycles. The smallest absolute Gasteiger partial charge is 0.314 e. The summed E-state index contributed by atoms with van der Waals surface area (Å²) in [6.07, 6.45) is 3.59. The van der Waals surface area contributed by atoms with Crippen LogP contribution >= 0.6 is 11.8 Å². The Morgan fingerprint density at radius 3 is 2.76 bits per heavy atom. The van der Waals surface area contributed by atoms with Crippen LogP contribution in [-0.2, 0) is 0 Å². The lowest BCUT2D eigenvalue weighted by molar-refractivity contribution is -0.384. The normalized spacial score (nSPS) is 11.3. The van der Waals surface area contributed by atoms with E-state index in [0.717, 1.165) is 0 Å². The molecular weight excluding hydrogens is 238 g/mol. The fraction of sp³-hybridized carbons (Fsp3) is 0.545. The molecule has 17 heavy (non-hydrogen) atoms. The monoisotopic (exact) mass is 255 g/mol. The number of nitro groups is 1. The van der Waals surface area contributed by atoms with Crippen LogP contribution in [0.2, 0.25) is 0 Å². The van der Waals surface area contributed by atoms with Crippen LogP contribution in [0, 0.1) is 17.0 Å². The third-order valence-corrected chi connectivity index (χ3v) is 3.79. The summed E-state index contributed by atoms with van der Waals surface area (Å²) >= 11 is 1.70. The van der Waals surface area contributed by atoms with Crippen molar-refractivity contribution >= 4 is 23.3 Å². The molecule has 0 saturated carbocycles. The highest BCUT2D eigenvalue weighted by Crippen LogP contribution is 2.27. The lowest BCUT2D eigenvalue weighted by atomic mass is 10.2. The number of hydrogen-bond acceptors (Lipinski definition) is 5. The molecule has 0 aliphatic rings. The van der Waals surface area contributed by atoms with E-state index < -0.39 is 4.92 Å². The van der Waals surface area contributed by atoms with Crippen molar-refractivity contribution < 1.29 is 4.92 Å². The SMILES string of the molecule is CSC(C)(C)CNc1nccc(C)c1[N+](=O)[O-]. The Labute approximate surface area is 105 Å². The fourth-order valence-electron chi connectivity index (χ4n) is 1.28. The molecule has 5 nitrogen and oxygen atoms in total. The molecule has 6 heteroatoms. The minimum absolute atomic E-state index is 0.0132. The summed E-state index contributed by atoms with van der Waals surface area (Å²) < 4.78 is 0.0132. The van der Waals surface area contributed by atoms with Crippen LogP contribution in [0.3, 0.4) is 0 Å². The standard InChI is InChI=1S/C11H17N3O2S/c1-8-5-6-12-10(9(8)14(15)16)13-7-11(2,3)17-4/h5-6H,7H2,1-4H3,(H,12,13). The molecule has 0 radical (unpaired) electrons. The predicted molar refractivity (Wildman–Crippen MR) is 71.7 cm³/mol. The van der Waals surface area contributed by atoms with Gasteiger partial charge in [0.1, 0.15) is 0 Å². The zero-order valence-electron chi connectivity index (χ0n) is 10.5. The van der Waals surface area contributed by atoms with Gasteiger partial charge in [-0.1, -0.05) is 0 Å². The topological polar surface area (TPSA) is 68.1 Å². The van der Waals surface area contributed by atoms with Crippen molar-refractivity contribution in [3.8, 4) is 0 Å². The van der Waals surface area contributed by atoms with Crippen LogP contribution < -0.4 is 5.32 Å². The van der Waals surface area contributed by atoms with Gasteiger partial charge in [0.2, 0.25) is 5.82 Å². The largest absolute Gasteiger partial charge is 0.363 e. The number of aromatic nitrogens is 1. The second kappa shape index (κ2) is 5.35. The molecule has 1 N–H and O–H groups in total. The molecule has 0 atom stereocenters. The van der Waals surface area contributed by atoms with Crippen molar-refractivity contribution in [3.05, 3.63) is 27.9 Å². The van der Waals surface area contributed by atoms with Crippen LogP contribution in [0.4, 0.5) is 11.5 Å². The molecule has 1 rings (SSSR count). The van der Waals surface area contributed by atoms with Crippen molar-refractivity contribution in [1.82, 2.24) is 4.98 Å². The van der Waals surface area contributed by atoms with Crippen LogP contribution in [0.1, 0.15) is 19.4 Å². The average Bonchev–Trinajstić information content (AvgIpc) is 2.26. The van der Waals surface area contributed by atoms with Crippen molar-refractivity contribution in [2.24, 2.45) is 0 Å². The summed E-state index contributed by atoms with van der Waals surface area (Å²) in [6.45, 7) is 6.49. The van der Waals surface area contributed by atoms with Crippen molar-refractivity contribution in [2.75, 3.05) is 18.1 Å². The van der Waals surface area contributed by atoms with E-state index in [1.54, 1.807) is 30.9 Å². The number of hydrogen-bond donors (Lipinski definition) is 1. The van der Waals surface area contributed by atoms with E-state index in [-0.39, 0.29) is 10.4 Å². The third-order valence-electron chi connectivity index (χ3n) is 2.54. The lowest BCUT2D eigenvalue weighted by Gasteiger charge is -2.22. The first-order chi connectivity index (χ1) is 7.87. The Morgan fingerprint density at radius 2 is 2.24 bits per heavy atom. The van der Waals surface area contributed by atoms with E-state index in [1.165, 1.54) is 0 Å². The highest BCUT2D eigenvalue weighted by atomic mass is 32.2. The molecule has 0 spiro atoms. The van der Waals surface area contributed by atoms with Crippen LogP contribution in [-0.4, -0.2) is 27.5 Å². The van der Waals surface area contributed by atoms with Crippen LogP contribution in [0.15, 0.2) is 12.3 Å². The van der Waals surface area contributed by atoms with E-state index in [9.17, 15) is 10.1 Å². The number of nitrogens with one attached hydrogen (secondary N) is 1. The zero-order chi connectivity index (χ0) is 13.1. The Balaban J connectivity index is 2.92. The minimum atomic E-state index is -0.392. The first-order valence-corrected chi connectivity index (χ1v) is 6.49. The van der Waals surface area contributed by atoms with Gasteiger partial charge < -0.3 is 5.32 Å². The highest BCUT2D eigenvalue weighted by Gasteiger charge is 2.21. The first kappa shape index (κ1) is 13.8. The Bertz CT molecular complexity index is 421. The van der Waals surface area contributed by atoms with Gasteiger partial charge in [0.05, 0.1) is 4.92 Å². The van der Waals surface area contributed by atoms with Gasteiger partial charge >= 0.3 is 5.69 Å². The molecule has 0 bridgehead atoms. The molecule has 0 aliphatic carbocycles. The molecular formula is C11H17N3O2S. The van der Waals surface area contributed by atoms with E-state index in [2.05, 4.69) is 24.1 Å². The van der Waals surface area contributed by atoms with Gasteiger partial charge in [-0.15, -0.1) is 0 Å². The number of rotatable bonds is 5. The fourth-order valence-corrected chi connectivity index (χ4v) is 1.50. The van der Waals surface area contributed by atoms with Gasteiger partial charge in [-0.25, -0.2) is 4.98 Å². The highest BCUT2D eigenvalue weighted by molar-refractivity contribution is 7.99. The van der Waals surface area contributed by atoms with Gasteiger partial charge in [0, 0.05) is 23.1 Å². The molecule has 1 aromatic rings. The number of nitrogens with zero attached hydrogens (tertiary/aromatic N) is 2. The number of pyridine rings is 1. The molecule has 0 fully saturated rings. The quantitative estimate of drug-likeness (QED) is 0.647. The Hall–Kier alpha value is -1.30. The summed E-state index contributed by atoms with van der Waals surface area (Å²) in [4.78, 5) is 14.6. The van der Waals surface area contributed by atoms with Gasteiger partial charge in [-0.2, -0.15) is 11.8 Å². The second-order valence-electron chi connectivity index (χ2n) is 4.40. The van der Waals surface area contributed by atoms with Crippen molar-refractivity contribution in [2.45, 2.75) is 25.5 Å². The van der Waals surface area contributed by atoms with Crippen LogP contribution in [0.25, 0.3) is 0 Å². The van der Waals surface area contributed by atoms with E-state index in [4.69, 9.17) is 0 Å². The molecule has 1 heterocycles. The number of thioether (sulfide) groups is 1. The maximum atomic E-state index is 11.0. The minimum Gasteiger partial charge on any atom is -0.363 e. The van der Waals surface area contributed by atoms with Crippen molar-refractivity contribution in [1.29, 1.82) is 0 Å². The Morgan fingerprint density at radius 1 is 1.59 bits per heavy atom. The molecule has 0 unspecified atom stereocenters. The summed E-state index contributed by atoms with van der Waals surface area (Å²) in [5.41, 5.74) is 0.680.